The standard InChI is InChI=1S/C18H17N3O3S/c1-25-10-8-15(16(22)20-12-5-4-9-19-11-12)21-17(23)13-6-2-3-7-14(13)18(21)24/h2-7,9,11,15H,8,10H2,1H3,(H,20,22)/t15-/m1/s1. The number of fused-ring (bicyclic) bond motifs is 1. The molecule has 0 saturated carbocycles. The molecule has 3 amide bonds. The summed E-state index contributed by atoms with van der Waals surface area (Å²) in [6.45, 7) is 0. The Balaban J connectivity index is 1.87. The third kappa shape index (κ3) is 3.41. The fraction of sp³-hybridized carbons (Fsp3) is 0.222. The van der Waals surface area contributed by atoms with Gasteiger partial charge in [-0.05, 0) is 42.7 Å². The lowest BCUT2D eigenvalue weighted by Gasteiger charge is -2.25. The predicted molar refractivity (Wildman–Crippen MR) is 96.6 cm³/mol. The molecule has 0 unspecified atom stereocenters. The molecule has 0 bridgehead atoms. The number of carbonyl (C=O) groups is 3. The molecule has 1 atom stereocenters. The van der Waals surface area contributed by atoms with Crippen molar-refractivity contribution in [3.63, 3.8) is 0 Å². The summed E-state index contributed by atoms with van der Waals surface area (Å²) in [4.78, 5) is 43.1. The molecule has 6 nitrogen and oxygen atoms in total. The zero-order chi connectivity index (χ0) is 17.8. The molecule has 0 spiro atoms. The predicted octanol–water partition coefficient (Wildman–Crippen LogP) is 2.44. The molecule has 0 saturated heterocycles. The van der Waals surface area contributed by atoms with E-state index in [1.54, 1.807) is 54.4 Å². The lowest BCUT2D eigenvalue weighted by molar-refractivity contribution is -0.120. The molecule has 0 radical (unpaired) electrons. The molecule has 0 fully saturated rings. The van der Waals surface area contributed by atoms with Crippen LogP contribution >= 0.6 is 11.8 Å². The maximum atomic E-state index is 12.8. The van der Waals surface area contributed by atoms with Gasteiger partial charge in [-0.2, -0.15) is 11.8 Å². The zero-order valence-electron chi connectivity index (χ0n) is 13.6. The lowest BCUT2D eigenvalue weighted by atomic mass is 10.1. The first-order valence-corrected chi connectivity index (χ1v) is 9.19. The van der Waals surface area contributed by atoms with Crippen molar-refractivity contribution < 1.29 is 14.4 Å². The van der Waals surface area contributed by atoms with Gasteiger partial charge in [0.15, 0.2) is 0 Å². The molecule has 1 N–H and O–H groups in total. The minimum atomic E-state index is -0.861. The number of amides is 3. The molecule has 25 heavy (non-hydrogen) atoms. The highest BCUT2D eigenvalue weighted by atomic mass is 32.2. The van der Waals surface area contributed by atoms with E-state index in [0.717, 1.165) is 4.90 Å². The van der Waals surface area contributed by atoms with Crippen LogP contribution in [0.5, 0.6) is 0 Å². The fourth-order valence-corrected chi connectivity index (χ4v) is 3.22. The monoisotopic (exact) mass is 355 g/mol. The maximum Gasteiger partial charge on any atom is 0.262 e. The number of thioether (sulfide) groups is 1. The van der Waals surface area contributed by atoms with Gasteiger partial charge in [0.1, 0.15) is 6.04 Å². The van der Waals surface area contributed by atoms with Crippen LogP contribution in [0, 0.1) is 0 Å². The highest BCUT2D eigenvalue weighted by Crippen LogP contribution is 2.26. The highest BCUT2D eigenvalue weighted by Gasteiger charge is 2.42. The first-order valence-electron chi connectivity index (χ1n) is 7.80. The third-order valence-electron chi connectivity index (χ3n) is 3.96. The van der Waals surface area contributed by atoms with Gasteiger partial charge in [-0.1, -0.05) is 12.1 Å². The Labute approximate surface area is 149 Å². The summed E-state index contributed by atoms with van der Waals surface area (Å²) in [5.41, 5.74) is 1.21. The van der Waals surface area contributed by atoms with Crippen LogP contribution < -0.4 is 5.32 Å². The third-order valence-corrected chi connectivity index (χ3v) is 4.61. The number of carbonyl (C=O) groups excluding carboxylic acids is 3. The summed E-state index contributed by atoms with van der Waals surface area (Å²) in [5.74, 6) is -0.587. The van der Waals surface area contributed by atoms with Crippen molar-refractivity contribution in [2.75, 3.05) is 17.3 Å². The van der Waals surface area contributed by atoms with Crippen LogP contribution in [0.2, 0.25) is 0 Å². The summed E-state index contributed by atoms with van der Waals surface area (Å²) >= 11 is 1.56. The Morgan fingerprint density at radius 2 is 1.84 bits per heavy atom. The molecule has 2 heterocycles. The van der Waals surface area contributed by atoms with E-state index in [0.29, 0.717) is 29.0 Å². The molecule has 7 heteroatoms. The van der Waals surface area contributed by atoms with Gasteiger partial charge in [0.05, 0.1) is 23.0 Å². The summed E-state index contributed by atoms with van der Waals surface area (Å²) in [7, 11) is 0. The second-order valence-electron chi connectivity index (χ2n) is 5.55. The van der Waals surface area contributed by atoms with Gasteiger partial charge in [0, 0.05) is 6.20 Å². The van der Waals surface area contributed by atoms with Crippen molar-refractivity contribution in [3.8, 4) is 0 Å². The molecular weight excluding hydrogens is 338 g/mol. The van der Waals surface area contributed by atoms with Crippen LogP contribution in [-0.4, -0.2) is 45.7 Å². The SMILES string of the molecule is CSCC[C@H](C(=O)Nc1cccnc1)N1C(=O)c2ccccc2C1=O. The average Bonchev–Trinajstić information content (AvgIpc) is 2.88. The van der Waals surface area contributed by atoms with Gasteiger partial charge < -0.3 is 5.32 Å². The molecule has 0 aliphatic carbocycles. The van der Waals surface area contributed by atoms with Gasteiger partial charge in [0.25, 0.3) is 11.8 Å². The van der Waals surface area contributed by atoms with Gasteiger partial charge in [-0.3, -0.25) is 24.3 Å². The first-order chi connectivity index (χ1) is 12.1. The topological polar surface area (TPSA) is 79.4 Å². The van der Waals surface area contributed by atoms with Crippen molar-refractivity contribution in [1.29, 1.82) is 0 Å². The van der Waals surface area contributed by atoms with Crippen molar-refractivity contribution in [2.24, 2.45) is 0 Å². The van der Waals surface area contributed by atoms with Crippen LogP contribution in [-0.2, 0) is 4.79 Å². The summed E-state index contributed by atoms with van der Waals surface area (Å²) in [5, 5.41) is 2.74. The van der Waals surface area contributed by atoms with Crippen molar-refractivity contribution in [3.05, 3.63) is 59.9 Å². The molecule has 1 aliphatic heterocycles. The number of hydrogen-bond acceptors (Lipinski definition) is 5. The number of imide groups is 1. The summed E-state index contributed by atoms with van der Waals surface area (Å²) < 4.78 is 0. The van der Waals surface area contributed by atoms with Gasteiger partial charge in [0.2, 0.25) is 5.91 Å². The molecule has 1 aromatic carbocycles. The lowest BCUT2D eigenvalue weighted by Crippen LogP contribution is -2.47. The minimum absolute atomic E-state index is 0.343. The molecule has 3 rings (SSSR count). The van der Waals surface area contributed by atoms with Crippen LogP contribution in [0.25, 0.3) is 0 Å². The number of anilines is 1. The van der Waals surface area contributed by atoms with Crippen LogP contribution in [0.1, 0.15) is 27.1 Å². The molecule has 2 aromatic rings. The van der Waals surface area contributed by atoms with E-state index in [1.165, 1.54) is 6.20 Å². The Morgan fingerprint density at radius 1 is 1.16 bits per heavy atom. The van der Waals surface area contributed by atoms with Gasteiger partial charge >= 0.3 is 0 Å². The average molecular weight is 355 g/mol. The number of nitrogens with one attached hydrogen (secondary N) is 1. The number of nitrogens with zero attached hydrogens (tertiary/aromatic N) is 2. The first kappa shape index (κ1) is 17.2. The van der Waals surface area contributed by atoms with E-state index in [1.807, 2.05) is 6.26 Å². The zero-order valence-corrected chi connectivity index (χ0v) is 14.5. The van der Waals surface area contributed by atoms with Crippen LogP contribution in [0.3, 0.4) is 0 Å². The van der Waals surface area contributed by atoms with E-state index in [2.05, 4.69) is 10.3 Å². The minimum Gasteiger partial charge on any atom is -0.323 e. The Bertz CT molecular complexity index is 775. The van der Waals surface area contributed by atoms with Gasteiger partial charge in [-0.25, -0.2) is 0 Å². The molecular formula is C18H17N3O3S. The number of pyridine rings is 1. The molecule has 1 aliphatic rings. The second-order valence-corrected chi connectivity index (χ2v) is 6.54. The highest BCUT2D eigenvalue weighted by molar-refractivity contribution is 7.98. The van der Waals surface area contributed by atoms with Crippen molar-refractivity contribution in [2.45, 2.75) is 12.5 Å². The van der Waals surface area contributed by atoms with Crippen LogP contribution in [0.15, 0.2) is 48.8 Å². The van der Waals surface area contributed by atoms with E-state index in [4.69, 9.17) is 0 Å². The van der Waals surface area contributed by atoms with Crippen molar-refractivity contribution in [1.82, 2.24) is 9.88 Å². The summed E-state index contributed by atoms with van der Waals surface area (Å²) in [6.07, 6.45) is 5.42. The Hall–Kier alpha value is -2.67. The van der Waals surface area contributed by atoms with Gasteiger partial charge in [-0.15, -0.1) is 0 Å². The number of hydrogen-bond donors (Lipinski definition) is 1. The molecule has 1 aromatic heterocycles. The number of benzene rings is 1. The van der Waals surface area contributed by atoms with E-state index >= 15 is 0 Å². The summed E-state index contributed by atoms with van der Waals surface area (Å²) in [6, 6.07) is 9.19. The number of rotatable bonds is 6. The smallest absolute Gasteiger partial charge is 0.262 e. The van der Waals surface area contributed by atoms with E-state index < -0.39 is 23.8 Å². The van der Waals surface area contributed by atoms with E-state index in [9.17, 15) is 14.4 Å². The fourth-order valence-electron chi connectivity index (χ4n) is 2.76. The normalized spacial score (nSPS) is 14.4. The second kappa shape index (κ2) is 7.48. The number of aromatic nitrogens is 1. The largest absolute Gasteiger partial charge is 0.323 e. The maximum absolute atomic E-state index is 12.8. The van der Waals surface area contributed by atoms with E-state index in [-0.39, 0.29) is 0 Å². The Kier molecular flexibility index (Phi) is 5.14. The molecule has 128 valence electrons. The Morgan fingerprint density at radius 3 is 2.40 bits per heavy atom. The van der Waals surface area contributed by atoms with Crippen LogP contribution in [0.4, 0.5) is 5.69 Å². The quantitative estimate of drug-likeness (QED) is 0.805. The van der Waals surface area contributed by atoms with Crippen molar-refractivity contribution >= 4 is 35.2 Å².